The molecule has 0 radical (unpaired) electrons. The molecule has 1 aromatic carbocycles. The van der Waals surface area contributed by atoms with Crippen LogP contribution in [0.3, 0.4) is 0 Å². The Bertz CT molecular complexity index is 905. The van der Waals surface area contributed by atoms with Crippen LogP contribution in [-0.4, -0.2) is 33.4 Å². The van der Waals surface area contributed by atoms with Crippen molar-refractivity contribution in [3.63, 3.8) is 0 Å². The van der Waals surface area contributed by atoms with Crippen molar-refractivity contribution in [2.45, 2.75) is 25.8 Å². The molecule has 0 atom stereocenters. The molecule has 9 heteroatoms. The van der Waals surface area contributed by atoms with Crippen LogP contribution in [0.1, 0.15) is 19.5 Å². The van der Waals surface area contributed by atoms with E-state index in [1.54, 1.807) is 6.92 Å². The highest BCUT2D eigenvalue weighted by molar-refractivity contribution is 7.99. The molecule has 0 spiro atoms. The van der Waals surface area contributed by atoms with Crippen molar-refractivity contribution in [3.8, 4) is 0 Å². The van der Waals surface area contributed by atoms with E-state index < -0.39 is 11.9 Å². The molecule has 0 bridgehead atoms. The molecule has 5 N–H and O–H groups in total. The molecule has 8 nitrogen and oxygen atoms in total. The van der Waals surface area contributed by atoms with Crippen LogP contribution < -0.4 is 16.4 Å². The van der Waals surface area contributed by atoms with Crippen LogP contribution in [0.5, 0.6) is 0 Å². The molecule has 2 aromatic rings. The van der Waals surface area contributed by atoms with Gasteiger partial charge in [-0.25, -0.2) is 14.8 Å². The molecule has 0 aliphatic carbocycles. The Morgan fingerprint density at radius 2 is 1.77 bits per heavy atom. The molecule has 1 aromatic heterocycles. The molecule has 0 fully saturated rings. The Kier molecular flexibility index (Phi) is 6.29. The Balaban J connectivity index is 1.96. The molecule has 0 saturated heterocycles. The summed E-state index contributed by atoms with van der Waals surface area (Å²) in [5.41, 5.74) is 8.42. The van der Waals surface area contributed by atoms with Gasteiger partial charge < -0.3 is 16.5 Å². The number of nitrogens with one attached hydrogen (secondary N) is 3. The van der Waals surface area contributed by atoms with Crippen LogP contribution in [-0.2, 0) is 4.79 Å². The molecule has 2 rings (SSSR count). The number of hydrogen-bond donors (Lipinski definition) is 4. The van der Waals surface area contributed by atoms with Crippen LogP contribution in [0.15, 0.2) is 40.7 Å². The number of rotatable bonds is 5. The first-order valence-electron chi connectivity index (χ1n) is 7.77. The largest absolute Gasteiger partial charge is 0.401 e. The van der Waals surface area contributed by atoms with Gasteiger partial charge in [0, 0.05) is 5.70 Å². The highest BCUT2D eigenvalue weighted by Gasteiger charge is 2.13. The van der Waals surface area contributed by atoms with Gasteiger partial charge in [-0.3, -0.25) is 10.1 Å². The number of benzene rings is 1. The summed E-state index contributed by atoms with van der Waals surface area (Å²) in [6.07, 6.45) is 0. The van der Waals surface area contributed by atoms with Crippen molar-refractivity contribution in [1.29, 1.82) is 5.41 Å². The summed E-state index contributed by atoms with van der Waals surface area (Å²) in [4.78, 5) is 32.8. The molecule has 0 aliphatic rings. The monoisotopic (exact) mass is 372 g/mol. The maximum atomic E-state index is 12.0. The summed E-state index contributed by atoms with van der Waals surface area (Å²) in [5, 5.41) is 12.8. The van der Waals surface area contributed by atoms with E-state index in [1.807, 2.05) is 31.2 Å². The van der Waals surface area contributed by atoms with Crippen LogP contribution in [0.4, 0.5) is 4.79 Å². The number of carbonyl (C=O) groups excluding carboxylic acids is 2. The number of thioether (sulfide) groups is 1. The Hall–Kier alpha value is -2.94. The van der Waals surface area contributed by atoms with Crippen LogP contribution in [0.25, 0.3) is 11.0 Å². The van der Waals surface area contributed by atoms with Crippen LogP contribution >= 0.6 is 11.8 Å². The Morgan fingerprint density at radius 3 is 2.35 bits per heavy atom. The highest BCUT2D eigenvalue weighted by Crippen LogP contribution is 2.21. The Labute approximate surface area is 155 Å². The fourth-order valence-electron chi connectivity index (χ4n) is 2.14. The van der Waals surface area contributed by atoms with Gasteiger partial charge in [-0.1, -0.05) is 23.9 Å². The van der Waals surface area contributed by atoms with Crippen LogP contribution in [0, 0.1) is 12.3 Å². The van der Waals surface area contributed by atoms with E-state index in [0.29, 0.717) is 10.7 Å². The fourth-order valence-corrected chi connectivity index (χ4v) is 2.90. The number of urea groups is 1. The van der Waals surface area contributed by atoms with Gasteiger partial charge in [0.2, 0.25) is 5.91 Å². The summed E-state index contributed by atoms with van der Waals surface area (Å²) in [5.74, 6) is -0.482. The second-order valence-electron chi connectivity index (χ2n) is 5.58. The topological polar surface area (TPSA) is 134 Å². The van der Waals surface area contributed by atoms with Crippen molar-refractivity contribution < 1.29 is 9.59 Å². The van der Waals surface area contributed by atoms with Gasteiger partial charge in [-0.2, -0.15) is 0 Å². The normalized spacial score (nSPS) is 11.7. The van der Waals surface area contributed by atoms with E-state index in [-0.39, 0.29) is 22.9 Å². The average Bonchev–Trinajstić information content (AvgIpc) is 2.57. The lowest BCUT2D eigenvalue weighted by molar-refractivity contribution is -0.117. The molecule has 0 unspecified atom stereocenters. The maximum Gasteiger partial charge on any atom is 0.326 e. The van der Waals surface area contributed by atoms with Gasteiger partial charge in [0.15, 0.2) is 0 Å². The standard InChI is InChI=1S/C17H20N6O2S/c1-9(18)15(10(2)19)23-17(25)22-14(24)8-26-16-11(3)20-12-6-4-5-7-13(12)21-16/h4-7,18H,8,19H2,1-3H3,(H2,22,23,24,25)/b15-10+,18-9?. The van der Waals surface area contributed by atoms with Gasteiger partial charge in [0.1, 0.15) is 5.03 Å². The molecular weight excluding hydrogens is 352 g/mol. The number of hydrogen-bond acceptors (Lipinski definition) is 7. The molecular formula is C17H20N6O2S. The molecule has 0 aliphatic heterocycles. The number of fused-ring (bicyclic) bond motifs is 1. The minimum absolute atomic E-state index is 0.00546. The third-order valence-electron chi connectivity index (χ3n) is 3.30. The minimum atomic E-state index is -0.733. The highest BCUT2D eigenvalue weighted by atomic mass is 32.2. The van der Waals surface area contributed by atoms with E-state index in [9.17, 15) is 9.59 Å². The van der Waals surface area contributed by atoms with Crippen molar-refractivity contribution in [3.05, 3.63) is 41.4 Å². The van der Waals surface area contributed by atoms with Crippen molar-refractivity contribution in [2.24, 2.45) is 5.73 Å². The lowest BCUT2D eigenvalue weighted by atomic mass is 10.2. The molecule has 3 amide bonds. The van der Waals surface area contributed by atoms with Gasteiger partial charge in [0.05, 0.1) is 33.9 Å². The number of nitrogens with zero attached hydrogens (tertiary/aromatic N) is 2. The molecule has 136 valence electrons. The van der Waals surface area contributed by atoms with Crippen LogP contribution in [0.2, 0.25) is 0 Å². The number of para-hydroxylation sites is 2. The van der Waals surface area contributed by atoms with Crippen molar-refractivity contribution in [2.75, 3.05) is 5.75 Å². The number of nitrogens with two attached hydrogens (primary N) is 1. The quantitative estimate of drug-likeness (QED) is 0.469. The van der Waals surface area contributed by atoms with E-state index >= 15 is 0 Å². The van der Waals surface area contributed by atoms with Crippen molar-refractivity contribution >= 4 is 40.4 Å². The summed E-state index contributed by atoms with van der Waals surface area (Å²) in [6.45, 7) is 4.87. The SMILES string of the molecule is CC(=N)/C(NC(=O)NC(=O)CSc1nc2ccccc2nc1C)=C(/C)N. The van der Waals surface area contributed by atoms with E-state index in [0.717, 1.165) is 11.0 Å². The molecule has 0 saturated carbocycles. The number of carbonyl (C=O) groups is 2. The molecule has 1 heterocycles. The van der Waals surface area contributed by atoms with Gasteiger partial charge in [-0.05, 0) is 32.9 Å². The summed E-state index contributed by atoms with van der Waals surface area (Å²) >= 11 is 1.20. The second-order valence-corrected chi connectivity index (χ2v) is 6.54. The zero-order valence-electron chi connectivity index (χ0n) is 14.7. The summed E-state index contributed by atoms with van der Waals surface area (Å²) in [7, 11) is 0. The predicted octanol–water partition coefficient (Wildman–Crippen LogP) is 2.09. The third kappa shape index (κ3) is 5.03. The van der Waals surface area contributed by atoms with E-state index in [1.165, 1.54) is 18.7 Å². The number of allylic oxidation sites excluding steroid dienone is 2. The Morgan fingerprint density at radius 1 is 1.15 bits per heavy atom. The summed E-state index contributed by atoms with van der Waals surface area (Å²) in [6, 6.07) is 6.74. The first-order valence-corrected chi connectivity index (χ1v) is 8.75. The van der Waals surface area contributed by atoms with Gasteiger partial charge in [-0.15, -0.1) is 0 Å². The minimum Gasteiger partial charge on any atom is -0.401 e. The second kappa shape index (κ2) is 8.43. The molecule has 26 heavy (non-hydrogen) atoms. The first kappa shape index (κ1) is 19.4. The zero-order chi connectivity index (χ0) is 19.3. The zero-order valence-corrected chi connectivity index (χ0v) is 15.5. The van der Waals surface area contributed by atoms with E-state index in [2.05, 4.69) is 20.6 Å². The predicted molar refractivity (Wildman–Crippen MR) is 102 cm³/mol. The average molecular weight is 372 g/mol. The summed E-state index contributed by atoms with van der Waals surface area (Å²) < 4.78 is 0. The number of imide groups is 1. The lowest BCUT2D eigenvalue weighted by Gasteiger charge is -2.11. The third-order valence-corrected chi connectivity index (χ3v) is 4.37. The fraction of sp³-hybridized carbons (Fsp3) is 0.235. The van der Waals surface area contributed by atoms with Gasteiger partial charge in [0.25, 0.3) is 0 Å². The smallest absolute Gasteiger partial charge is 0.326 e. The lowest BCUT2D eigenvalue weighted by Crippen LogP contribution is -2.41. The first-order chi connectivity index (χ1) is 12.3. The number of aromatic nitrogens is 2. The van der Waals surface area contributed by atoms with E-state index in [4.69, 9.17) is 11.1 Å². The van der Waals surface area contributed by atoms with Gasteiger partial charge >= 0.3 is 6.03 Å². The number of amides is 3. The number of aryl methyl sites for hydroxylation is 1. The maximum absolute atomic E-state index is 12.0. The van der Waals surface area contributed by atoms with Crippen molar-refractivity contribution in [1.82, 2.24) is 20.6 Å².